The second kappa shape index (κ2) is 10.7. The summed E-state index contributed by atoms with van der Waals surface area (Å²) in [6.45, 7) is 4.15. The molecular weight excluding hydrogens is 373 g/mol. The number of nitrogens with zero attached hydrogens (tertiary/aromatic N) is 2. The Hall–Kier alpha value is -2.55. The number of guanidine groups is 1. The van der Waals surface area contributed by atoms with Gasteiger partial charge in [-0.3, -0.25) is 0 Å². The molecule has 0 atom stereocenters. The highest BCUT2D eigenvalue weighted by molar-refractivity contribution is 5.79. The zero-order valence-electron chi connectivity index (χ0n) is 16.0. The minimum Gasteiger partial charge on any atom is -0.444 e. The Kier molecular flexibility index (Phi) is 8.31. The molecule has 0 amide bonds. The lowest BCUT2D eigenvalue weighted by atomic mass is 10.1. The van der Waals surface area contributed by atoms with E-state index < -0.39 is 12.8 Å². The SMILES string of the molecule is CCNC(=NCc1coc(-c2ccc(C)cc2)n1)NCCCOCC(F)(F)F. The number of nitrogens with one attached hydrogen (secondary N) is 2. The summed E-state index contributed by atoms with van der Waals surface area (Å²) < 4.78 is 46.1. The van der Waals surface area contributed by atoms with Crippen LogP contribution in [0.3, 0.4) is 0 Å². The molecule has 0 bridgehead atoms. The Morgan fingerprint density at radius 1 is 1.21 bits per heavy atom. The summed E-state index contributed by atoms with van der Waals surface area (Å²) in [5.41, 5.74) is 2.73. The lowest BCUT2D eigenvalue weighted by molar-refractivity contribution is -0.173. The lowest BCUT2D eigenvalue weighted by Crippen LogP contribution is -2.38. The third-order valence-electron chi connectivity index (χ3n) is 3.62. The van der Waals surface area contributed by atoms with Crippen molar-refractivity contribution in [1.29, 1.82) is 0 Å². The van der Waals surface area contributed by atoms with Crippen LogP contribution in [-0.4, -0.2) is 43.4 Å². The van der Waals surface area contributed by atoms with E-state index >= 15 is 0 Å². The largest absolute Gasteiger partial charge is 0.444 e. The Bertz CT molecular complexity index is 742. The average molecular weight is 398 g/mol. The number of aliphatic imine (C=N–C) groups is 1. The van der Waals surface area contributed by atoms with Gasteiger partial charge >= 0.3 is 6.18 Å². The summed E-state index contributed by atoms with van der Waals surface area (Å²) in [7, 11) is 0. The summed E-state index contributed by atoms with van der Waals surface area (Å²) in [6.07, 6.45) is -2.30. The molecule has 1 heterocycles. The van der Waals surface area contributed by atoms with E-state index in [2.05, 4.69) is 25.3 Å². The van der Waals surface area contributed by atoms with Crippen LogP contribution >= 0.6 is 0 Å². The fourth-order valence-electron chi connectivity index (χ4n) is 2.28. The van der Waals surface area contributed by atoms with Gasteiger partial charge in [0.15, 0.2) is 5.96 Å². The van der Waals surface area contributed by atoms with Crippen molar-refractivity contribution >= 4 is 5.96 Å². The quantitative estimate of drug-likeness (QED) is 0.383. The molecule has 2 N–H and O–H groups in total. The Balaban J connectivity index is 1.81. The van der Waals surface area contributed by atoms with Gasteiger partial charge in [-0.2, -0.15) is 13.2 Å². The second-order valence-electron chi connectivity index (χ2n) is 6.15. The van der Waals surface area contributed by atoms with Gasteiger partial charge in [0.25, 0.3) is 0 Å². The van der Waals surface area contributed by atoms with E-state index in [0.29, 0.717) is 43.6 Å². The molecule has 0 radical (unpaired) electrons. The molecule has 2 rings (SSSR count). The smallest absolute Gasteiger partial charge is 0.411 e. The molecule has 1 aromatic heterocycles. The lowest BCUT2D eigenvalue weighted by Gasteiger charge is -2.11. The molecule has 0 fully saturated rings. The fraction of sp³-hybridized carbons (Fsp3) is 0.474. The molecular formula is C19H25F3N4O2. The minimum absolute atomic E-state index is 0.0229. The Morgan fingerprint density at radius 2 is 1.96 bits per heavy atom. The van der Waals surface area contributed by atoms with E-state index in [1.165, 1.54) is 0 Å². The number of hydrogen-bond donors (Lipinski definition) is 2. The molecule has 0 saturated heterocycles. The molecule has 0 aliphatic rings. The number of aromatic nitrogens is 1. The maximum atomic E-state index is 12.0. The summed E-state index contributed by atoms with van der Waals surface area (Å²) in [5.74, 6) is 1.09. The first-order chi connectivity index (χ1) is 13.4. The van der Waals surface area contributed by atoms with E-state index in [9.17, 15) is 13.2 Å². The molecule has 6 nitrogen and oxygen atoms in total. The highest BCUT2D eigenvalue weighted by atomic mass is 19.4. The molecule has 0 aliphatic heterocycles. The van der Waals surface area contributed by atoms with Crippen molar-refractivity contribution in [1.82, 2.24) is 15.6 Å². The van der Waals surface area contributed by atoms with Crippen LogP contribution in [-0.2, 0) is 11.3 Å². The average Bonchev–Trinajstić information content (AvgIpc) is 3.11. The van der Waals surface area contributed by atoms with Gasteiger partial charge in [-0.25, -0.2) is 9.98 Å². The number of hydrogen-bond acceptors (Lipinski definition) is 4. The van der Waals surface area contributed by atoms with Crippen LogP contribution in [0.2, 0.25) is 0 Å². The molecule has 0 saturated carbocycles. The van der Waals surface area contributed by atoms with E-state index in [0.717, 1.165) is 11.1 Å². The first kappa shape index (κ1) is 21.7. The number of rotatable bonds is 9. The van der Waals surface area contributed by atoms with Gasteiger partial charge in [-0.05, 0) is 32.4 Å². The molecule has 9 heteroatoms. The molecule has 0 unspecified atom stereocenters. The molecule has 2 aromatic rings. The molecule has 1 aromatic carbocycles. The van der Waals surface area contributed by atoms with Gasteiger partial charge in [0, 0.05) is 25.3 Å². The number of alkyl halides is 3. The summed E-state index contributed by atoms with van der Waals surface area (Å²) >= 11 is 0. The van der Waals surface area contributed by atoms with Gasteiger partial charge in [-0.15, -0.1) is 0 Å². The van der Waals surface area contributed by atoms with E-state index in [1.807, 2.05) is 38.1 Å². The summed E-state index contributed by atoms with van der Waals surface area (Å²) in [4.78, 5) is 8.84. The van der Waals surface area contributed by atoms with Crippen molar-refractivity contribution in [3.63, 3.8) is 0 Å². The van der Waals surface area contributed by atoms with Crippen LogP contribution in [0, 0.1) is 6.92 Å². The van der Waals surface area contributed by atoms with Crippen LogP contribution in [0.5, 0.6) is 0 Å². The Morgan fingerprint density at radius 3 is 2.64 bits per heavy atom. The normalized spacial score (nSPS) is 12.2. The van der Waals surface area contributed by atoms with E-state index in [1.54, 1.807) is 6.26 Å². The van der Waals surface area contributed by atoms with Gasteiger partial charge in [0.05, 0.1) is 6.54 Å². The van der Waals surface area contributed by atoms with Crippen LogP contribution in [0.1, 0.15) is 24.6 Å². The van der Waals surface area contributed by atoms with Crippen molar-refractivity contribution in [2.45, 2.75) is 33.0 Å². The monoisotopic (exact) mass is 398 g/mol. The van der Waals surface area contributed by atoms with Gasteiger partial charge in [-0.1, -0.05) is 17.7 Å². The van der Waals surface area contributed by atoms with Crippen molar-refractivity contribution in [3.8, 4) is 11.5 Å². The van der Waals surface area contributed by atoms with E-state index in [4.69, 9.17) is 4.42 Å². The fourth-order valence-corrected chi connectivity index (χ4v) is 2.28. The highest BCUT2D eigenvalue weighted by Gasteiger charge is 2.27. The predicted octanol–water partition coefficient (Wildman–Crippen LogP) is 3.67. The van der Waals surface area contributed by atoms with E-state index in [-0.39, 0.29) is 6.61 Å². The maximum absolute atomic E-state index is 12.0. The standard InChI is InChI=1S/C19H25F3N4O2/c1-3-23-18(24-9-4-10-27-13-19(20,21)22)25-11-16-12-28-17(26-16)15-7-5-14(2)6-8-15/h5-8,12H,3-4,9-11,13H2,1-2H3,(H2,23,24,25). The van der Waals surface area contributed by atoms with Crippen molar-refractivity contribution in [2.24, 2.45) is 4.99 Å². The Labute approximate surface area is 162 Å². The van der Waals surface area contributed by atoms with Gasteiger partial charge in [0.2, 0.25) is 5.89 Å². The van der Waals surface area contributed by atoms with Crippen LogP contribution in [0.15, 0.2) is 39.9 Å². The molecule has 0 spiro atoms. The maximum Gasteiger partial charge on any atom is 0.411 e. The van der Waals surface area contributed by atoms with Crippen molar-refractivity contribution in [2.75, 3.05) is 26.3 Å². The number of oxazole rings is 1. The topological polar surface area (TPSA) is 71.7 Å². The first-order valence-corrected chi connectivity index (χ1v) is 9.05. The molecule has 28 heavy (non-hydrogen) atoms. The first-order valence-electron chi connectivity index (χ1n) is 9.05. The van der Waals surface area contributed by atoms with Crippen molar-refractivity contribution < 1.29 is 22.3 Å². The van der Waals surface area contributed by atoms with Crippen LogP contribution in [0.25, 0.3) is 11.5 Å². The summed E-state index contributed by atoms with van der Waals surface area (Å²) in [5, 5.41) is 6.12. The highest BCUT2D eigenvalue weighted by Crippen LogP contribution is 2.19. The molecule has 154 valence electrons. The third-order valence-corrected chi connectivity index (χ3v) is 3.62. The van der Waals surface area contributed by atoms with Gasteiger partial charge in [0.1, 0.15) is 18.6 Å². The second-order valence-corrected chi connectivity index (χ2v) is 6.15. The predicted molar refractivity (Wildman–Crippen MR) is 101 cm³/mol. The molecule has 0 aliphatic carbocycles. The third kappa shape index (κ3) is 7.99. The number of aryl methyl sites for hydroxylation is 1. The number of benzene rings is 1. The van der Waals surface area contributed by atoms with Gasteiger partial charge < -0.3 is 19.8 Å². The van der Waals surface area contributed by atoms with Crippen LogP contribution in [0.4, 0.5) is 13.2 Å². The zero-order chi connectivity index (χ0) is 20.4. The number of ether oxygens (including phenoxy) is 1. The zero-order valence-corrected chi connectivity index (χ0v) is 16.0. The van der Waals surface area contributed by atoms with Crippen LogP contribution < -0.4 is 10.6 Å². The summed E-state index contributed by atoms with van der Waals surface area (Å²) in [6, 6.07) is 7.87. The number of halogens is 3. The minimum atomic E-state index is -4.29. The van der Waals surface area contributed by atoms with Crippen molar-refractivity contribution in [3.05, 3.63) is 41.8 Å².